The van der Waals surface area contributed by atoms with Crippen LogP contribution in [-0.2, 0) is 16.1 Å². The zero-order valence-corrected chi connectivity index (χ0v) is 17.9. The van der Waals surface area contributed by atoms with Crippen LogP contribution in [0.15, 0.2) is 54.9 Å². The SMILES string of the molecule is NC(=O)CCN(C(=O)CN1CCN(Cc2cn3ccccc3n2)CC1)c1ccc(F)cc1. The average molecular weight is 439 g/mol. The predicted octanol–water partition coefficient (Wildman–Crippen LogP) is 1.50. The maximum absolute atomic E-state index is 13.3. The summed E-state index contributed by atoms with van der Waals surface area (Å²) in [6.07, 6.45) is 4.08. The van der Waals surface area contributed by atoms with Gasteiger partial charge in [0.1, 0.15) is 11.5 Å². The Morgan fingerprint density at radius 2 is 1.75 bits per heavy atom. The molecule has 0 spiro atoms. The van der Waals surface area contributed by atoms with E-state index in [0.29, 0.717) is 5.69 Å². The molecule has 32 heavy (non-hydrogen) atoms. The van der Waals surface area contributed by atoms with Gasteiger partial charge in [-0.25, -0.2) is 9.37 Å². The Hall–Kier alpha value is -3.30. The number of nitrogens with two attached hydrogens (primary N) is 1. The number of rotatable bonds is 8. The van der Waals surface area contributed by atoms with Crippen molar-refractivity contribution in [1.82, 2.24) is 19.2 Å². The lowest BCUT2D eigenvalue weighted by Gasteiger charge is -2.35. The number of halogens is 1. The molecule has 1 aromatic carbocycles. The molecule has 0 radical (unpaired) electrons. The Morgan fingerprint density at radius 1 is 1.03 bits per heavy atom. The number of imidazole rings is 1. The molecule has 1 saturated heterocycles. The van der Waals surface area contributed by atoms with Gasteiger partial charge in [0.2, 0.25) is 11.8 Å². The van der Waals surface area contributed by atoms with E-state index in [9.17, 15) is 14.0 Å². The van der Waals surface area contributed by atoms with E-state index in [-0.39, 0.29) is 31.2 Å². The zero-order valence-electron chi connectivity index (χ0n) is 17.9. The number of carbonyl (C=O) groups is 2. The fraction of sp³-hybridized carbons (Fsp3) is 0.348. The summed E-state index contributed by atoms with van der Waals surface area (Å²) in [5.74, 6) is -0.991. The highest BCUT2D eigenvalue weighted by Crippen LogP contribution is 2.17. The molecular weight excluding hydrogens is 411 g/mol. The third-order valence-corrected chi connectivity index (χ3v) is 5.64. The number of piperazine rings is 1. The molecule has 8 nitrogen and oxygen atoms in total. The van der Waals surface area contributed by atoms with Crippen molar-refractivity contribution in [2.75, 3.05) is 44.2 Å². The molecular formula is C23H27FN6O2. The Bertz CT molecular complexity index is 1040. The van der Waals surface area contributed by atoms with Crippen molar-refractivity contribution in [1.29, 1.82) is 0 Å². The van der Waals surface area contributed by atoms with Gasteiger partial charge in [-0.2, -0.15) is 0 Å². The van der Waals surface area contributed by atoms with Crippen LogP contribution in [0.25, 0.3) is 5.65 Å². The minimum Gasteiger partial charge on any atom is -0.370 e. The van der Waals surface area contributed by atoms with Crippen LogP contribution in [0.5, 0.6) is 0 Å². The van der Waals surface area contributed by atoms with Crippen LogP contribution in [0, 0.1) is 5.82 Å². The minimum atomic E-state index is -0.481. The van der Waals surface area contributed by atoms with Crippen LogP contribution in [0.1, 0.15) is 12.1 Å². The van der Waals surface area contributed by atoms with Gasteiger partial charge < -0.3 is 15.0 Å². The lowest BCUT2D eigenvalue weighted by Crippen LogP contribution is -2.50. The first-order valence-corrected chi connectivity index (χ1v) is 10.7. The number of hydrogen-bond acceptors (Lipinski definition) is 5. The van der Waals surface area contributed by atoms with Crippen molar-refractivity contribution >= 4 is 23.1 Å². The van der Waals surface area contributed by atoms with Gasteiger partial charge in [0.25, 0.3) is 0 Å². The first-order chi connectivity index (χ1) is 15.5. The number of primary amides is 1. The quantitative estimate of drug-likeness (QED) is 0.576. The monoisotopic (exact) mass is 438 g/mol. The summed E-state index contributed by atoms with van der Waals surface area (Å²) in [7, 11) is 0. The average Bonchev–Trinajstić information content (AvgIpc) is 3.18. The van der Waals surface area contributed by atoms with E-state index in [4.69, 9.17) is 5.73 Å². The fourth-order valence-corrected chi connectivity index (χ4v) is 3.92. The van der Waals surface area contributed by atoms with Crippen molar-refractivity contribution in [2.24, 2.45) is 5.73 Å². The molecule has 3 heterocycles. The van der Waals surface area contributed by atoms with Gasteiger partial charge in [-0.3, -0.25) is 19.4 Å². The molecule has 1 fully saturated rings. The van der Waals surface area contributed by atoms with Crippen LogP contribution in [-0.4, -0.2) is 70.3 Å². The zero-order chi connectivity index (χ0) is 22.5. The van der Waals surface area contributed by atoms with E-state index in [2.05, 4.69) is 14.8 Å². The van der Waals surface area contributed by atoms with E-state index in [0.717, 1.165) is 44.1 Å². The molecule has 3 aromatic rings. The van der Waals surface area contributed by atoms with E-state index in [1.807, 2.05) is 35.0 Å². The summed E-state index contributed by atoms with van der Waals surface area (Å²) in [5.41, 5.74) is 7.79. The number of carbonyl (C=O) groups excluding carboxylic acids is 2. The van der Waals surface area contributed by atoms with Crippen LogP contribution < -0.4 is 10.6 Å². The molecule has 168 valence electrons. The third-order valence-electron chi connectivity index (χ3n) is 5.64. The van der Waals surface area contributed by atoms with E-state index >= 15 is 0 Å². The molecule has 9 heteroatoms. The molecule has 2 amide bonds. The molecule has 0 unspecified atom stereocenters. The summed E-state index contributed by atoms with van der Waals surface area (Å²) in [5, 5.41) is 0. The summed E-state index contributed by atoms with van der Waals surface area (Å²) in [6, 6.07) is 11.6. The van der Waals surface area contributed by atoms with Gasteiger partial charge in [-0.15, -0.1) is 0 Å². The highest BCUT2D eigenvalue weighted by molar-refractivity contribution is 5.95. The smallest absolute Gasteiger partial charge is 0.241 e. The number of aromatic nitrogens is 2. The van der Waals surface area contributed by atoms with Gasteiger partial charge in [-0.05, 0) is 36.4 Å². The standard InChI is InChI=1S/C23H27FN6O2/c24-18-4-6-20(7-5-18)30(10-8-21(25)31)23(32)17-28-13-11-27(12-14-28)15-19-16-29-9-2-1-3-22(29)26-19/h1-7,9,16H,8,10-15,17H2,(H2,25,31). The largest absolute Gasteiger partial charge is 0.370 e. The lowest BCUT2D eigenvalue weighted by atomic mass is 10.2. The molecule has 2 N–H and O–H groups in total. The third kappa shape index (κ3) is 5.49. The Kier molecular flexibility index (Phi) is 6.77. The van der Waals surface area contributed by atoms with Crippen LogP contribution in [0.4, 0.5) is 10.1 Å². The van der Waals surface area contributed by atoms with Crippen molar-refractivity contribution < 1.29 is 14.0 Å². The number of pyridine rings is 1. The number of hydrogen-bond donors (Lipinski definition) is 1. The molecule has 0 saturated carbocycles. The van der Waals surface area contributed by atoms with E-state index in [1.165, 1.54) is 17.0 Å². The maximum atomic E-state index is 13.3. The second-order valence-corrected chi connectivity index (χ2v) is 7.99. The van der Waals surface area contributed by atoms with Crippen molar-refractivity contribution in [3.8, 4) is 0 Å². The topological polar surface area (TPSA) is 87.2 Å². The molecule has 0 aliphatic carbocycles. The van der Waals surface area contributed by atoms with Gasteiger partial charge in [0, 0.05) is 63.8 Å². The Labute approximate surface area is 186 Å². The van der Waals surface area contributed by atoms with E-state index in [1.54, 1.807) is 12.1 Å². The highest BCUT2D eigenvalue weighted by Gasteiger charge is 2.23. The number of nitrogens with zero attached hydrogens (tertiary/aromatic N) is 5. The van der Waals surface area contributed by atoms with Crippen molar-refractivity contribution in [3.63, 3.8) is 0 Å². The second kappa shape index (κ2) is 9.88. The summed E-state index contributed by atoms with van der Waals surface area (Å²) < 4.78 is 15.3. The van der Waals surface area contributed by atoms with Crippen LogP contribution >= 0.6 is 0 Å². The molecule has 4 rings (SSSR count). The summed E-state index contributed by atoms with van der Waals surface area (Å²) in [4.78, 5) is 34.8. The minimum absolute atomic E-state index is 0.0515. The number of benzene rings is 1. The number of anilines is 1. The summed E-state index contributed by atoms with van der Waals surface area (Å²) >= 11 is 0. The normalized spacial score (nSPS) is 15.2. The summed E-state index contributed by atoms with van der Waals surface area (Å²) in [6.45, 7) is 4.35. The van der Waals surface area contributed by atoms with Crippen molar-refractivity contribution in [2.45, 2.75) is 13.0 Å². The first-order valence-electron chi connectivity index (χ1n) is 10.7. The van der Waals surface area contributed by atoms with Crippen molar-refractivity contribution in [3.05, 3.63) is 66.4 Å². The first kappa shape index (κ1) is 21.9. The highest BCUT2D eigenvalue weighted by atomic mass is 19.1. The Morgan fingerprint density at radius 3 is 2.44 bits per heavy atom. The van der Waals surface area contributed by atoms with Gasteiger partial charge in [0.15, 0.2) is 0 Å². The fourth-order valence-electron chi connectivity index (χ4n) is 3.92. The van der Waals surface area contributed by atoms with E-state index < -0.39 is 5.91 Å². The molecule has 2 aromatic heterocycles. The predicted molar refractivity (Wildman–Crippen MR) is 119 cm³/mol. The molecule has 0 atom stereocenters. The van der Waals surface area contributed by atoms with Crippen LogP contribution in [0.3, 0.4) is 0 Å². The number of fused-ring (bicyclic) bond motifs is 1. The lowest BCUT2D eigenvalue weighted by molar-refractivity contribution is -0.120. The molecule has 1 aliphatic rings. The number of amides is 2. The Balaban J connectivity index is 1.32. The van der Waals surface area contributed by atoms with Gasteiger partial charge >= 0.3 is 0 Å². The molecule has 1 aliphatic heterocycles. The van der Waals surface area contributed by atoms with Gasteiger partial charge in [-0.1, -0.05) is 6.07 Å². The van der Waals surface area contributed by atoms with Gasteiger partial charge in [0.05, 0.1) is 12.2 Å². The second-order valence-electron chi connectivity index (χ2n) is 7.99. The maximum Gasteiger partial charge on any atom is 0.241 e. The molecule has 0 bridgehead atoms. The van der Waals surface area contributed by atoms with Crippen LogP contribution in [0.2, 0.25) is 0 Å².